The maximum atomic E-state index is 11.4. The Kier molecular flexibility index (Phi) is 2.96. The third kappa shape index (κ3) is 2.31. The fourth-order valence-corrected chi connectivity index (χ4v) is 3.25. The van der Waals surface area contributed by atoms with E-state index in [-0.39, 0.29) is 0 Å². The number of nitrogens with one attached hydrogen (secondary N) is 1. The Hall–Kier alpha value is 0.130. The largest absolute Gasteiger partial charge is 0.249 e. The molecule has 0 aliphatic rings. The molecule has 1 rings (SSSR count). The highest BCUT2D eigenvalue weighted by Crippen LogP contribution is 2.25. The van der Waals surface area contributed by atoms with Crippen LogP contribution >= 0.6 is 31.9 Å². The van der Waals surface area contributed by atoms with Gasteiger partial charge in [0.2, 0.25) is 0 Å². The Labute approximate surface area is 88.6 Å². The molecule has 0 heterocycles. The zero-order valence-electron chi connectivity index (χ0n) is 6.30. The quantitative estimate of drug-likeness (QED) is 0.849. The lowest BCUT2D eigenvalue weighted by molar-refractivity contribution is 0.678. The van der Waals surface area contributed by atoms with E-state index in [9.17, 15) is 4.21 Å². The molecule has 0 aromatic heterocycles. The minimum Gasteiger partial charge on any atom is -0.249 e. The molecule has 0 bridgehead atoms. The summed E-state index contributed by atoms with van der Waals surface area (Å²) in [5.74, 6) is 0. The Balaban J connectivity index is 3.43. The number of hydrogen-bond acceptors (Lipinski definition) is 2. The summed E-state index contributed by atoms with van der Waals surface area (Å²) in [5.41, 5.74) is 0. The van der Waals surface area contributed by atoms with E-state index in [0.29, 0.717) is 9.37 Å². The molecule has 66 valence electrons. The van der Waals surface area contributed by atoms with Crippen LogP contribution in [0.5, 0.6) is 0 Å². The summed E-state index contributed by atoms with van der Waals surface area (Å²) in [4.78, 5) is 0.525. The normalized spacial score (nSPS) is 15.6. The molecule has 0 spiro atoms. The van der Waals surface area contributed by atoms with Crippen LogP contribution in [0.2, 0.25) is 0 Å². The van der Waals surface area contributed by atoms with E-state index < -0.39 is 9.73 Å². The standard InChI is InChI=1S/C7H7Br2NOS/c1-12(10,11)7-4-5(8)2-3-6(7)9/h2-4,10H,1H3. The fourth-order valence-electron chi connectivity index (χ4n) is 0.776. The molecule has 0 saturated heterocycles. The third-order valence-electron chi connectivity index (χ3n) is 1.31. The summed E-state index contributed by atoms with van der Waals surface area (Å²) in [6.07, 6.45) is 1.40. The van der Waals surface area contributed by atoms with Crippen LogP contribution in [0.15, 0.2) is 32.0 Å². The van der Waals surface area contributed by atoms with Crippen LogP contribution in [-0.2, 0) is 9.73 Å². The molecule has 0 fully saturated rings. The highest BCUT2D eigenvalue weighted by molar-refractivity contribution is 9.11. The van der Waals surface area contributed by atoms with Crippen molar-refractivity contribution in [2.45, 2.75) is 4.90 Å². The number of halogens is 2. The van der Waals surface area contributed by atoms with Gasteiger partial charge in [-0.15, -0.1) is 0 Å². The van der Waals surface area contributed by atoms with Gasteiger partial charge in [0.15, 0.2) is 0 Å². The average Bonchev–Trinajstić information content (AvgIpc) is 1.92. The van der Waals surface area contributed by atoms with E-state index in [1.54, 1.807) is 12.1 Å². The average molecular weight is 313 g/mol. The molecule has 1 atom stereocenters. The first-order chi connectivity index (χ1) is 5.41. The highest BCUT2D eigenvalue weighted by atomic mass is 79.9. The molecule has 0 amide bonds. The van der Waals surface area contributed by atoms with Gasteiger partial charge in [-0.1, -0.05) is 15.9 Å². The zero-order valence-corrected chi connectivity index (χ0v) is 10.3. The molecule has 0 saturated carbocycles. The lowest BCUT2D eigenvalue weighted by Crippen LogP contribution is -1.95. The summed E-state index contributed by atoms with van der Waals surface area (Å²) < 4.78 is 20.3. The summed E-state index contributed by atoms with van der Waals surface area (Å²) in [6.45, 7) is 0. The molecule has 0 aliphatic heterocycles. The number of benzene rings is 1. The molecule has 5 heteroatoms. The summed E-state index contributed by atoms with van der Waals surface area (Å²) >= 11 is 6.51. The summed E-state index contributed by atoms with van der Waals surface area (Å²) in [5, 5.41) is 0. The predicted molar refractivity (Wildman–Crippen MR) is 56.9 cm³/mol. The molecule has 12 heavy (non-hydrogen) atoms. The van der Waals surface area contributed by atoms with Gasteiger partial charge in [0, 0.05) is 15.2 Å². The van der Waals surface area contributed by atoms with Crippen LogP contribution in [0.25, 0.3) is 0 Å². The fraction of sp³-hybridized carbons (Fsp3) is 0.143. The van der Waals surface area contributed by atoms with Crippen molar-refractivity contribution in [3.05, 3.63) is 27.1 Å². The smallest absolute Gasteiger partial charge is 0.0708 e. The van der Waals surface area contributed by atoms with Gasteiger partial charge in [-0.2, -0.15) is 0 Å². The van der Waals surface area contributed by atoms with Crippen molar-refractivity contribution in [1.82, 2.24) is 0 Å². The van der Waals surface area contributed by atoms with Crippen molar-refractivity contribution in [2.75, 3.05) is 6.26 Å². The lowest BCUT2D eigenvalue weighted by atomic mass is 10.4. The number of rotatable bonds is 1. The minimum atomic E-state index is -2.63. The van der Waals surface area contributed by atoms with Crippen molar-refractivity contribution in [1.29, 1.82) is 4.78 Å². The molecule has 1 unspecified atom stereocenters. The van der Waals surface area contributed by atoms with Crippen molar-refractivity contribution < 1.29 is 4.21 Å². The molecule has 0 aliphatic carbocycles. The Morgan fingerprint density at radius 3 is 2.42 bits per heavy atom. The second-order valence-electron chi connectivity index (χ2n) is 2.42. The lowest BCUT2D eigenvalue weighted by Gasteiger charge is -2.03. The van der Waals surface area contributed by atoms with E-state index in [2.05, 4.69) is 31.9 Å². The van der Waals surface area contributed by atoms with E-state index >= 15 is 0 Å². The van der Waals surface area contributed by atoms with Crippen LogP contribution in [0.3, 0.4) is 0 Å². The first kappa shape index (κ1) is 10.2. The SMILES string of the molecule is CS(=N)(=O)c1cc(Br)ccc1Br. The first-order valence-corrected chi connectivity index (χ1v) is 6.65. The molecule has 2 nitrogen and oxygen atoms in total. The van der Waals surface area contributed by atoms with Gasteiger partial charge >= 0.3 is 0 Å². The van der Waals surface area contributed by atoms with Crippen molar-refractivity contribution >= 4 is 41.6 Å². The van der Waals surface area contributed by atoms with Gasteiger partial charge in [-0.3, -0.25) is 0 Å². The van der Waals surface area contributed by atoms with E-state index in [1.165, 1.54) is 6.26 Å². The summed E-state index contributed by atoms with van der Waals surface area (Å²) in [7, 11) is -2.63. The van der Waals surface area contributed by atoms with Crippen molar-refractivity contribution in [2.24, 2.45) is 0 Å². The van der Waals surface area contributed by atoms with E-state index in [0.717, 1.165) is 4.47 Å². The van der Waals surface area contributed by atoms with Gasteiger partial charge < -0.3 is 0 Å². The second-order valence-corrected chi connectivity index (χ2v) is 6.32. The first-order valence-electron chi connectivity index (χ1n) is 3.10. The molecular weight excluding hydrogens is 306 g/mol. The maximum absolute atomic E-state index is 11.4. The van der Waals surface area contributed by atoms with Crippen molar-refractivity contribution in [3.63, 3.8) is 0 Å². The Morgan fingerprint density at radius 1 is 1.42 bits per heavy atom. The molecule has 1 aromatic carbocycles. The highest BCUT2D eigenvalue weighted by Gasteiger charge is 2.07. The summed E-state index contributed by atoms with van der Waals surface area (Å²) in [6, 6.07) is 5.30. The zero-order chi connectivity index (χ0) is 9.35. The van der Waals surface area contributed by atoms with Gasteiger partial charge in [0.1, 0.15) is 0 Å². The van der Waals surface area contributed by atoms with E-state index in [4.69, 9.17) is 4.78 Å². The topological polar surface area (TPSA) is 40.9 Å². The van der Waals surface area contributed by atoms with Gasteiger partial charge in [-0.25, -0.2) is 8.99 Å². The van der Waals surface area contributed by atoms with Gasteiger partial charge in [-0.05, 0) is 34.1 Å². The second kappa shape index (κ2) is 3.47. The Bertz CT molecular complexity index is 400. The monoisotopic (exact) mass is 311 g/mol. The van der Waals surface area contributed by atoms with Crippen molar-refractivity contribution in [3.8, 4) is 0 Å². The maximum Gasteiger partial charge on any atom is 0.0708 e. The van der Waals surface area contributed by atoms with Crippen LogP contribution in [-0.4, -0.2) is 10.5 Å². The molecule has 1 aromatic rings. The van der Waals surface area contributed by atoms with Gasteiger partial charge in [0.25, 0.3) is 0 Å². The van der Waals surface area contributed by atoms with Gasteiger partial charge in [0.05, 0.1) is 14.6 Å². The number of hydrogen-bond donors (Lipinski definition) is 1. The van der Waals surface area contributed by atoms with Crippen LogP contribution < -0.4 is 0 Å². The third-order valence-corrected chi connectivity index (χ3v) is 3.94. The molecular formula is C7H7Br2NOS. The molecule has 1 N–H and O–H groups in total. The van der Waals surface area contributed by atoms with Crippen LogP contribution in [0.1, 0.15) is 0 Å². The molecule has 0 radical (unpaired) electrons. The van der Waals surface area contributed by atoms with Crippen LogP contribution in [0.4, 0.5) is 0 Å². The minimum absolute atomic E-state index is 0.525. The van der Waals surface area contributed by atoms with E-state index in [1.807, 2.05) is 6.07 Å². The Morgan fingerprint density at radius 2 is 2.00 bits per heavy atom. The predicted octanol–water partition coefficient (Wildman–Crippen LogP) is 3.25. The van der Waals surface area contributed by atoms with Crippen LogP contribution in [0, 0.1) is 4.78 Å².